The lowest BCUT2D eigenvalue weighted by atomic mass is 10.1. The van der Waals surface area contributed by atoms with Gasteiger partial charge in [-0.2, -0.15) is 0 Å². The zero-order chi connectivity index (χ0) is 17.8. The molecule has 1 fully saturated rings. The second-order valence-corrected chi connectivity index (χ2v) is 6.03. The van der Waals surface area contributed by atoms with Crippen LogP contribution in [0.5, 0.6) is 0 Å². The number of hydrogen-bond donors (Lipinski definition) is 2. The number of nitrogens with one attached hydrogen (secondary N) is 1. The van der Waals surface area contributed by atoms with Gasteiger partial charge in [-0.1, -0.05) is 11.6 Å². The molecule has 2 N–H and O–H groups in total. The van der Waals surface area contributed by atoms with Gasteiger partial charge in [-0.25, -0.2) is 4.79 Å². The Morgan fingerprint density at radius 2 is 1.68 bits per heavy atom. The van der Waals surface area contributed by atoms with Gasteiger partial charge in [0.15, 0.2) is 0 Å². The van der Waals surface area contributed by atoms with E-state index in [1.54, 1.807) is 30.3 Å². The van der Waals surface area contributed by atoms with Gasteiger partial charge in [0.1, 0.15) is 0 Å². The number of carbonyl (C=O) groups is 2. The largest absolute Gasteiger partial charge is 0.478 e. The van der Waals surface area contributed by atoms with Crippen molar-refractivity contribution in [1.82, 2.24) is 0 Å². The molecule has 25 heavy (non-hydrogen) atoms. The van der Waals surface area contributed by atoms with Crippen molar-refractivity contribution in [1.29, 1.82) is 0 Å². The Bertz CT molecular complexity index is 786. The molecule has 0 aliphatic carbocycles. The average molecular weight is 361 g/mol. The molecule has 0 aromatic heterocycles. The van der Waals surface area contributed by atoms with Crippen LogP contribution >= 0.6 is 11.6 Å². The van der Waals surface area contributed by atoms with Gasteiger partial charge in [-0.15, -0.1) is 0 Å². The van der Waals surface area contributed by atoms with E-state index in [9.17, 15) is 14.7 Å². The second kappa shape index (κ2) is 7.55. The maximum absolute atomic E-state index is 12.5. The molecule has 1 amide bonds. The minimum absolute atomic E-state index is 0.114. The highest BCUT2D eigenvalue weighted by molar-refractivity contribution is 6.30. The Morgan fingerprint density at radius 3 is 2.32 bits per heavy atom. The number of carboxylic acids is 1. The van der Waals surface area contributed by atoms with E-state index in [4.69, 9.17) is 16.3 Å². The summed E-state index contributed by atoms with van der Waals surface area (Å²) in [4.78, 5) is 25.8. The fraction of sp³-hybridized carbons (Fsp3) is 0.222. The molecule has 1 heterocycles. The number of amides is 1. The van der Waals surface area contributed by atoms with Gasteiger partial charge in [0.2, 0.25) is 0 Å². The van der Waals surface area contributed by atoms with Crippen LogP contribution < -0.4 is 10.2 Å². The number of morpholine rings is 1. The standard InChI is InChI=1S/C18H17ClN2O4/c19-14-4-1-12(2-5-14)17(22)20-15-11-13(18(23)24)3-6-16(15)21-7-9-25-10-8-21/h1-6,11H,7-10H2,(H,20,22)(H,23,24). The van der Waals surface area contributed by atoms with E-state index in [0.29, 0.717) is 42.6 Å². The summed E-state index contributed by atoms with van der Waals surface area (Å²) in [5.74, 6) is -1.37. The van der Waals surface area contributed by atoms with Crippen molar-refractivity contribution >= 4 is 34.9 Å². The summed E-state index contributed by atoms with van der Waals surface area (Å²) in [6.07, 6.45) is 0. The lowest BCUT2D eigenvalue weighted by Crippen LogP contribution is -2.36. The molecule has 2 aromatic carbocycles. The highest BCUT2D eigenvalue weighted by Gasteiger charge is 2.18. The van der Waals surface area contributed by atoms with E-state index in [1.165, 1.54) is 12.1 Å². The van der Waals surface area contributed by atoms with Crippen LogP contribution in [0.3, 0.4) is 0 Å². The molecule has 130 valence electrons. The van der Waals surface area contributed by atoms with Crippen LogP contribution in [0.4, 0.5) is 11.4 Å². The summed E-state index contributed by atoms with van der Waals surface area (Å²) in [5.41, 5.74) is 1.79. The van der Waals surface area contributed by atoms with Crippen molar-refractivity contribution in [3.63, 3.8) is 0 Å². The van der Waals surface area contributed by atoms with E-state index < -0.39 is 5.97 Å². The topological polar surface area (TPSA) is 78.9 Å². The van der Waals surface area contributed by atoms with Crippen LogP contribution in [-0.4, -0.2) is 43.3 Å². The molecule has 1 saturated heterocycles. The number of carboxylic acid groups (broad SMARTS) is 1. The Kier molecular flexibility index (Phi) is 5.21. The van der Waals surface area contributed by atoms with Gasteiger partial charge in [0.05, 0.1) is 30.2 Å². The third-order valence-electron chi connectivity index (χ3n) is 3.95. The third kappa shape index (κ3) is 4.10. The number of carbonyl (C=O) groups excluding carboxylic acids is 1. The van der Waals surface area contributed by atoms with E-state index in [1.807, 2.05) is 0 Å². The average Bonchev–Trinajstić information content (AvgIpc) is 2.63. The van der Waals surface area contributed by atoms with E-state index in [2.05, 4.69) is 10.2 Å². The Hall–Kier alpha value is -2.57. The molecule has 1 aliphatic heterocycles. The predicted octanol–water partition coefficient (Wildman–Crippen LogP) is 3.13. The molecule has 3 rings (SSSR count). The van der Waals surface area contributed by atoms with Crippen molar-refractivity contribution in [3.05, 3.63) is 58.6 Å². The maximum Gasteiger partial charge on any atom is 0.335 e. The van der Waals surface area contributed by atoms with E-state index >= 15 is 0 Å². The minimum atomic E-state index is -1.05. The summed E-state index contributed by atoms with van der Waals surface area (Å²) < 4.78 is 5.35. The number of ether oxygens (including phenoxy) is 1. The molecule has 0 radical (unpaired) electrons. The van der Waals surface area contributed by atoms with Crippen LogP contribution in [0.1, 0.15) is 20.7 Å². The first kappa shape index (κ1) is 17.3. The first-order valence-corrected chi connectivity index (χ1v) is 8.19. The van der Waals surface area contributed by atoms with Crippen LogP contribution in [0.2, 0.25) is 5.02 Å². The van der Waals surface area contributed by atoms with Gasteiger partial charge >= 0.3 is 5.97 Å². The first-order chi connectivity index (χ1) is 12.0. The minimum Gasteiger partial charge on any atom is -0.478 e. The zero-order valence-electron chi connectivity index (χ0n) is 13.4. The van der Waals surface area contributed by atoms with E-state index in [-0.39, 0.29) is 11.5 Å². The molecular weight excluding hydrogens is 344 g/mol. The van der Waals surface area contributed by atoms with Crippen LogP contribution in [0.15, 0.2) is 42.5 Å². The number of rotatable bonds is 4. The van der Waals surface area contributed by atoms with Crippen molar-refractivity contribution in [2.24, 2.45) is 0 Å². The Morgan fingerprint density at radius 1 is 1.04 bits per heavy atom. The quantitative estimate of drug-likeness (QED) is 0.875. The summed E-state index contributed by atoms with van der Waals surface area (Å²) in [6, 6.07) is 11.2. The van der Waals surface area contributed by atoms with Crippen LogP contribution in [-0.2, 0) is 4.74 Å². The number of hydrogen-bond acceptors (Lipinski definition) is 4. The lowest BCUT2D eigenvalue weighted by molar-refractivity contribution is 0.0696. The summed E-state index contributed by atoms with van der Waals surface area (Å²) >= 11 is 5.84. The Balaban J connectivity index is 1.91. The number of anilines is 2. The molecule has 2 aromatic rings. The number of aromatic carboxylic acids is 1. The lowest BCUT2D eigenvalue weighted by Gasteiger charge is -2.30. The molecule has 0 atom stereocenters. The number of nitrogens with zero attached hydrogens (tertiary/aromatic N) is 1. The van der Waals surface area contributed by atoms with Crippen LogP contribution in [0, 0.1) is 0 Å². The van der Waals surface area contributed by atoms with Crippen LogP contribution in [0.25, 0.3) is 0 Å². The highest BCUT2D eigenvalue weighted by Crippen LogP contribution is 2.29. The van der Waals surface area contributed by atoms with Gasteiger partial charge < -0.3 is 20.1 Å². The Labute approximate surface area is 150 Å². The molecular formula is C18H17ClN2O4. The number of halogens is 1. The molecule has 7 heteroatoms. The maximum atomic E-state index is 12.5. The van der Waals surface area contributed by atoms with Crippen molar-refractivity contribution in [3.8, 4) is 0 Å². The molecule has 1 aliphatic rings. The second-order valence-electron chi connectivity index (χ2n) is 5.60. The van der Waals surface area contributed by atoms with Gasteiger partial charge in [0.25, 0.3) is 5.91 Å². The van der Waals surface area contributed by atoms with Crippen molar-refractivity contribution < 1.29 is 19.4 Å². The van der Waals surface area contributed by atoms with Gasteiger partial charge in [-0.3, -0.25) is 4.79 Å². The molecule has 0 unspecified atom stereocenters. The highest BCUT2D eigenvalue weighted by atomic mass is 35.5. The molecule has 0 spiro atoms. The third-order valence-corrected chi connectivity index (χ3v) is 4.20. The summed E-state index contributed by atoms with van der Waals surface area (Å²) in [5, 5.41) is 12.6. The van der Waals surface area contributed by atoms with Gasteiger partial charge in [0, 0.05) is 23.7 Å². The summed E-state index contributed by atoms with van der Waals surface area (Å²) in [6.45, 7) is 2.53. The molecule has 0 saturated carbocycles. The number of benzene rings is 2. The zero-order valence-corrected chi connectivity index (χ0v) is 14.1. The monoisotopic (exact) mass is 360 g/mol. The normalized spacial score (nSPS) is 14.2. The van der Waals surface area contributed by atoms with Crippen molar-refractivity contribution in [2.45, 2.75) is 0 Å². The molecule has 0 bridgehead atoms. The summed E-state index contributed by atoms with van der Waals surface area (Å²) in [7, 11) is 0. The van der Waals surface area contributed by atoms with E-state index in [0.717, 1.165) is 5.69 Å². The molecule has 6 nitrogen and oxygen atoms in total. The fourth-order valence-corrected chi connectivity index (χ4v) is 2.77. The van der Waals surface area contributed by atoms with Gasteiger partial charge in [-0.05, 0) is 42.5 Å². The fourth-order valence-electron chi connectivity index (χ4n) is 2.64. The van der Waals surface area contributed by atoms with Crippen molar-refractivity contribution in [2.75, 3.05) is 36.5 Å². The SMILES string of the molecule is O=C(O)c1ccc(N2CCOCC2)c(NC(=O)c2ccc(Cl)cc2)c1. The predicted molar refractivity (Wildman–Crippen MR) is 95.8 cm³/mol. The smallest absolute Gasteiger partial charge is 0.335 e. The first-order valence-electron chi connectivity index (χ1n) is 7.81.